The normalized spacial score (nSPS) is 15.6. The Bertz CT molecular complexity index is 1000. The molecule has 1 fully saturated rings. The van der Waals surface area contributed by atoms with E-state index in [9.17, 15) is 14.4 Å². The van der Waals surface area contributed by atoms with Gasteiger partial charge in [0.2, 0.25) is 0 Å². The molecule has 10 heteroatoms. The number of amides is 2. The Balaban J connectivity index is 1.71. The topological polar surface area (TPSA) is 97.4 Å². The lowest BCUT2D eigenvalue weighted by Crippen LogP contribution is -2.29. The van der Waals surface area contributed by atoms with E-state index < -0.39 is 5.97 Å². The Hall–Kier alpha value is -2.72. The number of allylic oxidation sites excluding steroid dienone is 2. The Morgan fingerprint density at radius 1 is 1.29 bits per heavy atom. The van der Waals surface area contributed by atoms with Crippen LogP contribution in [0, 0.1) is 6.92 Å². The van der Waals surface area contributed by atoms with Crippen molar-refractivity contribution in [2.24, 2.45) is 0 Å². The molecular formula is C25H35N3O6S. The fraction of sp³-hybridized carbons (Fsp3) is 0.560. The number of cyclic esters (lactones) is 1. The number of ether oxygens (including phenoxy) is 3. The third kappa shape index (κ3) is 6.70. The third-order valence-electron chi connectivity index (χ3n) is 6.19. The van der Waals surface area contributed by atoms with Gasteiger partial charge >= 0.3 is 18.0 Å². The van der Waals surface area contributed by atoms with Crippen molar-refractivity contribution >= 4 is 35.4 Å². The van der Waals surface area contributed by atoms with Crippen LogP contribution in [0.1, 0.15) is 46.8 Å². The number of anilines is 1. The smallest absolute Gasteiger partial charge is 0.341 e. The van der Waals surface area contributed by atoms with Crippen molar-refractivity contribution in [1.82, 2.24) is 9.80 Å². The van der Waals surface area contributed by atoms with Crippen molar-refractivity contribution in [3.8, 4) is 5.75 Å². The number of fused-ring (bicyclic) bond motifs is 1. The highest BCUT2D eigenvalue weighted by Crippen LogP contribution is 2.41. The molecule has 0 aliphatic carbocycles. The van der Waals surface area contributed by atoms with Crippen LogP contribution in [-0.4, -0.2) is 80.3 Å². The Morgan fingerprint density at radius 2 is 2.06 bits per heavy atom. The second kappa shape index (κ2) is 12.3. The van der Waals surface area contributed by atoms with E-state index in [2.05, 4.69) is 10.2 Å². The summed E-state index contributed by atoms with van der Waals surface area (Å²) in [7, 11) is 4.83. The van der Waals surface area contributed by atoms with Gasteiger partial charge in [0.15, 0.2) is 0 Å². The zero-order chi connectivity index (χ0) is 25.5. The first-order valence-corrected chi connectivity index (χ1v) is 12.9. The molecule has 2 aliphatic heterocycles. The lowest BCUT2D eigenvalue weighted by atomic mass is 9.93. The molecule has 0 saturated carbocycles. The molecule has 1 N–H and O–H groups in total. The van der Waals surface area contributed by atoms with Crippen LogP contribution in [-0.2, 0) is 27.3 Å². The minimum Gasteiger partial charge on any atom is -0.496 e. The number of nitrogens with one attached hydrogen (secondary N) is 1. The maximum absolute atomic E-state index is 12.5. The zero-order valence-electron chi connectivity index (χ0n) is 21.2. The highest BCUT2D eigenvalue weighted by Gasteiger charge is 2.32. The largest absolute Gasteiger partial charge is 0.496 e. The van der Waals surface area contributed by atoms with Gasteiger partial charge in [-0.2, -0.15) is 0 Å². The molecule has 2 heterocycles. The number of urea groups is 1. The fourth-order valence-electron chi connectivity index (χ4n) is 4.08. The summed E-state index contributed by atoms with van der Waals surface area (Å²) in [5.74, 6) is 2.07. The van der Waals surface area contributed by atoms with Crippen molar-refractivity contribution in [1.29, 1.82) is 0 Å². The van der Waals surface area contributed by atoms with E-state index in [4.69, 9.17) is 14.2 Å². The quantitative estimate of drug-likeness (QED) is 0.381. The molecule has 35 heavy (non-hydrogen) atoms. The van der Waals surface area contributed by atoms with Gasteiger partial charge in [0.1, 0.15) is 19.0 Å². The average molecular weight is 506 g/mol. The molecule has 0 atom stereocenters. The molecule has 1 aromatic rings. The Kier molecular flexibility index (Phi) is 9.45. The Morgan fingerprint density at radius 3 is 2.71 bits per heavy atom. The molecule has 3 rings (SSSR count). The van der Waals surface area contributed by atoms with Crippen LogP contribution in [0.25, 0.3) is 0 Å². The molecule has 9 nitrogen and oxygen atoms in total. The van der Waals surface area contributed by atoms with Crippen LogP contribution < -0.4 is 10.1 Å². The predicted octanol–water partition coefficient (Wildman–Crippen LogP) is 3.59. The fourth-order valence-corrected chi connectivity index (χ4v) is 5.11. The number of nitrogens with zero attached hydrogens (tertiary/aromatic N) is 2. The lowest BCUT2D eigenvalue weighted by Gasteiger charge is -2.21. The van der Waals surface area contributed by atoms with Crippen LogP contribution in [0.2, 0.25) is 0 Å². The first-order valence-electron chi connectivity index (χ1n) is 11.7. The van der Waals surface area contributed by atoms with Crippen molar-refractivity contribution < 1.29 is 28.6 Å². The van der Waals surface area contributed by atoms with Gasteiger partial charge in [-0.05, 0) is 32.3 Å². The number of thioether (sulfide) groups is 1. The van der Waals surface area contributed by atoms with E-state index in [1.165, 1.54) is 4.90 Å². The monoisotopic (exact) mass is 505 g/mol. The number of carbonyl (C=O) groups is 3. The highest BCUT2D eigenvalue weighted by molar-refractivity contribution is 7.99. The van der Waals surface area contributed by atoms with Gasteiger partial charge in [0.25, 0.3) is 0 Å². The number of carbonyl (C=O) groups excluding carboxylic acids is 3. The van der Waals surface area contributed by atoms with Crippen LogP contribution in [0.5, 0.6) is 5.75 Å². The number of esters is 2. The van der Waals surface area contributed by atoms with Gasteiger partial charge in [-0.15, -0.1) is 11.8 Å². The van der Waals surface area contributed by atoms with E-state index in [1.54, 1.807) is 21.2 Å². The summed E-state index contributed by atoms with van der Waals surface area (Å²) in [6.45, 7) is 6.22. The predicted molar refractivity (Wildman–Crippen MR) is 136 cm³/mol. The molecule has 2 amide bonds. The first-order chi connectivity index (χ1) is 16.7. The molecule has 0 bridgehead atoms. The SMILES string of the molecule is COc1c(C)c2c(c(NC(=O)N(C)C)c1C/C=C(\C)CCC(=O)OCCN1CCSC1)C(=O)OC2. The zero-order valence-corrected chi connectivity index (χ0v) is 22.0. The maximum atomic E-state index is 12.5. The van der Waals surface area contributed by atoms with E-state index in [-0.39, 0.29) is 18.6 Å². The summed E-state index contributed by atoms with van der Waals surface area (Å²) in [6, 6.07) is -0.352. The van der Waals surface area contributed by atoms with Gasteiger partial charge in [0, 0.05) is 56.4 Å². The molecule has 2 aliphatic rings. The van der Waals surface area contributed by atoms with Gasteiger partial charge in [0.05, 0.1) is 18.4 Å². The van der Waals surface area contributed by atoms with E-state index in [0.717, 1.165) is 41.4 Å². The maximum Gasteiger partial charge on any atom is 0.341 e. The number of hydrogen-bond donors (Lipinski definition) is 1. The summed E-state index contributed by atoms with van der Waals surface area (Å²) >= 11 is 1.89. The van der Waals surface area contributed by atoms with Crippen molar-refractivity contribution in [2.75, 3.05) is 57.8 Å². The van der Waals surface area contributed by atoms with Crippen molar-refractivity contribution in [3.05, 3.63) is 33.9 Å². The second-order valence-electron chi connectivity index (χ2n) is 8.90. The number of benzene rings is 1. The van der Waals surface area contributed by atoms with Crippen LogP contribution in [0.4, 0.5) is 10.5 Å². The van der Waals surface area contributed by atoms with Crippen LogP contribution in [0.3, 0.4) is 0 Å². The van der Waals surface area contributed by atoms with Crippen LogP contribution in [0.15, 0.2) is 11.6 Å². The molecule has 0 spiro atoms. The van der Waals surface area contributed by atoms with Gasteiger partial charge in [-0.25, -0.2) is 9.59 Å². The Labute approximate surface area is 211 Å². The highest BCUT2D eigenvalue weighted by atomic mass is 32.2. The number of rotatable bonds is 10. The van der Waals surface area contributed by atoms with Gasteiger partial charge in [-0.3, -0.25) is 9.69 Å². The van der Waals surface area contributed by atoms with E-state index >= 15 is 0 Å². The van der Waals surface area contributed by atoms with Crippen molar-refractivity contribution in [3.63, 3.8) is 0 Å². The second-order valence-corrected chi connectivity index (χ2v) is 9.97. The molecule has 192 valence electrons. The van der Waals surface area contributed by atoms with Crippen molar-refractivity contribution in [2.45, 2.75) is 39.7 Å². The lowest BCUT2D eigenvalue weighted by molar-refractivity contribution is -0.143. The summed E-state index contributed by atoms with van der Waals surface area (Å²) < 4.78 is 16.3. The average Bonchev–Trinajstić information content (AvgIpc) is 3.48. The summed E-state index contributed by atoms with van der Waals surface area (Å²) in [5.41, 5.74) is 4.03. The molecule has 0 aromatic heterocycles. The van der Waals surface area contributed by atoms with E-state index in [1.807, 2.05) is 31.7 Å². The number of methoxy groups -OCH3 is 1. The number of hydrogen-bond acceptors (Lipinski definition) is 8. The molecule has 0 radical (unpaired) electrons. The standard InChI is InChI=1S/C25H35N3O6S/c1-16(7-9-20(29)33-12-10-28-11-13-35-15-28)6-8-18-22(26-25(31)27(3)4)21-19(14-34-24(21)30)17(2)23(18)32-5/h6H,7-15H2,1-5H3,(H,26,31)/b16-6+. The first kappa shape index (κ1) is 26.9. The molecule has 1 saturated heterocycles. The summed E-state index contributed by atoms with van der Waals surface area (Å²) in [4.78, 5) is 40.8. The molecule has 0 unspecified atom stereocenters. The van der Waals surface area contributed by atoms with Gasteiger partial charge < -0.3 is 24.4 Å². The third-order valence-corrected chi connectivity index (χ3v) is 7.21. The summed E-state index contributed by atoms with van der Waals surface area (Å²) in [6.07, 6.45) is 3.27. The minimum atomic E-state index is -0.461. The minimum absolute atomic E-state index is 0.148. The molecule has 1 aromatic carbocycles. The summed E-state index contributed by atoms with van der Waals surface area (Å²) in [5, 5.41) is 2.86. The van der Waals surface area contributed by atoms with E-state index in [0.29, 0.717) is 48.4 Å². The molecular weight excluding hydrogens is 470 g/mol. The van der Waals surface area contributed by atoms with Crippen LogP contribution >= 0.6 is 11.8 Å². The van der Waals surface area contributed by atoms with Gasteiger partial charge in [-0.1, -0.05) is 11.6 Å².